The Bertz CT molecular complexity index is 789. The van der Waals surface area contributed by atoms with Crippen molar-refractivity contribution >= 4 is 17.3 Å². The van der Waals surface area contributed by atoms with Gasteiger partial charge in [0.25, 0.3) is 5.91 Å². The summed E-state index contributed by atoms with van der Waals surface area (Å²) in [4.78, 5) is 15.0. The van der Waals surface area contributed by atoms with E-state index in [0.29, 0.717) is 23.7 Å². The van der Waals surface area contributed by atoms with Crippen LogP contribution in [0.5, 0.6) is 11.5 Å². The van der Waals surface area contributed by atoms with Gasteiger partial charge in [0.05, 0.1) is 13.7 Å². The summed E-state index contributed by atoms with van der Waals surface area (Å²) in [6.07, 6.45) is 3.29. The smallest absolute Gasteiger partial charge is 0.255 e. The fraction of sp³-hybridized carbons (Fsp3) is 0.435. The van der Waals surface area contributed by atoms with Crippen LogP contribution in [0, 0.1) is 5.92 Å². The van der Waals surface area contributed by atoms with Crippen LogP contribution in [0.25, 0.3) is 0 Å². The molecule has 5 heteroatoms. The van der Waals surface area contributed by atoms with Crippen molar-refractivity contribution < 1.29 is 14.3 Å². The van der Waals surface area contributed by atoms with E-state index in [0.717, 1.165) is 37.5 Å². The molecule has 2 aromatic carbocycles. The topological polar surface area (TPSA) is 50.8 Å². The molecule has 1 amide bonds. The summed E-state index contributed by atoms with van der Waals surface area (Å²) in [6.45, 7) is 7.23. The number of carbonyl (C=O) groups is 1. The Hall–Kier alpha value is -2.69. The number of hydrogen-bond acceptors (Lipinski definition) is 4. The summed E-state index contributed by atoms with van der Waals surface area (Å²) in [5, 5.41) is 2.95. The molecule has 0 radical (unpaired) electrons. The SMILES string of the molecule is CCCCOc1ccc(C(=O)Nc2ccc(N3CCC(C)C3)cc2)cc1OC. The minimum Gasteiger partial charge on any atom is -0.493 e. The van der Waals surface area contributed by atoms with Crippen LogP contribution in [-0.4, -0.2) is 32.7 Å². The molecule has 1 fully saturated rings. The molecular weight excluding hydrogens is 352 g/mol. The molecule has 0 aliphatic carbocycles. The van der Waals surface area contributed by atoms with Gasteiger partial charge in [-0.05, 0) is 61.2 Å². The Kier molecular flexibility index (Phi) is 6.80. The molecule has 3 rings (SSSR count). The lowest BCUT2D eigenvalue weighted by molar-refractivity contribution is 0.102. The van der Waals surface area contributed by atoms with Gasteiger partial charge in [0, 0.05) is 30.0 Å². The van der Waals surface area contributed by atoms with Gasteiger partial charge in [-0.2, -0.15) is 0 Å². The highest BCUT2D eigenvalue weighted by Gasteiger charge is 2.19. The van der Waals surface area contributed by atoms with E-state index in [4.69, 9.17) is 9.47 Å². The lowest BCUT2D eigenvalue weighted by Crippen LogP contribution is -2.19. The maximum absolute atomic E-state index is 12.6. The highest BCUT2D eigenvalue weighted by atomic mass is 16.5. The van der Waals surface area contributed by atoms with Crippen molar-refractivity contribution in [3.05, 3.63) is 48.0 Å². The molecule has 1 N–H and O–H groups in total. The number of methoxy groups -OCH3 is 1. The summed E-state index contributed by atoms with van der Waals surface area (Å²) in [6, 6.07) is 13.3. The molecule has 0 spiro atoms. The molecule has 0 saturated carbocycles. The molecule has 5 nitrogen and oxygen atoms in total. The number of benzene rings is 2. The fourth-order valence-electron chi connectivity index (χ4n) is 3.38. The van der Waals surface area contributed by atoms with Gasteiger partial charge in [0.15, 0.2) is 11.5 Å². The van der Waals surface area contributed by atoms with Crippen molar-refractivity contribution in [3.63, 3.8) is 0 Å². The minimum atomic E-state index is -0.166. The normalized spacial score (nSPS) is 16.1. The van der Waals surface area contributed by atoms with Crippen LogP contribution >= 0.6 is 0 Å². The van der Waals surface area contributed by atoms with Gasteiger partial charge < -0.3 is 19.7 Å². The van der Waals surface area contributed by atoms with Gasteiger partial charge >= 0.3 is 0 Å². The van der Waals surface area contributed by atoms with Gasteiger partial charge in [0.1, 0.15) is 0 Å². The third kappa shape index (κ3) is 4.97. The Morgan fingerprint density at radius 1 is 1.18 bits per heavy atom. The number of nitrogens with one attached hydrogen (secondary N) is 1. The van der Waals surface area contributed by atoms with Gasteiger partial charge in [-0.3, -0.25) is 4.79 Å². The molecule has 1 heterocycles. The average Bonchev–Trinajstić information content (AvgIpc) is 3.15. The number of hydrogen-bond donors (Lipinski definition) is 1. The second kappa shape index (κ2) is 9.49. The van der Waals surface area contributed by atoms with Crippen LogP contribution < -0.4 is 19.7 Å². The second-order valence-corrected chi connectivity index (χ2v) is 7.41. The van der Waals surface area contributed by atoms with E-state index in [1.54, 1.807) is 25.3 Å². The standard InChI is InChI=1S/C23H30N2O3/c1-4-5-14-28-21-11-6-18(15-22(21)27-3)23(26)24-19-7-9-20(10-8-19)25-13-12-17(2)16-25/h6-11,15,17H,4-5,12-14,16H2,1-3H3,(H,24,26). The summed E-state index contributed by atoms with van der Waals surface area (Å²) in [5.41, 5.74) is 2.53. The largest absolute Gasteiger partial charge is 0.493 e. The zero-order valence-electron chi connectivity index (χ0n) is 17.0. The number of rotatable bonds is 8. The zero-order chi connectivity index (χ0) is 19.9. The van der Waals surface area contributed by atoms with Crippen LogP contribution in [0.4, 0.5) is 11.4 Å². The Morgan fingerprint density at radius 2 is 1.96 bits per heavy atom. The van der Waals surface area contributed by atoms with E-state index in [1.165, 1.54) is 12.1 Å². The third-order valence-corrected chi connectivity index (χ3v) is 5.10. The molecule has 1 aliphatic heterocycles. The molecule has 1 saturated heterocycles. The van der Waals surface area contributed by atoms with Crippen LogP contribution in [-0.2, 0) is 0 Å². The highest BCUT2D eigenvalue weighted by Crippen LogP contribution is 2.29. The van der Waals surface area contributed by atoms with Crippen LogP contribution in [0.1, 0.15) is 43.5 Å². The van der Waals surface area contributed by atoms with Crippen LogP contribution in [0.2, 0.25) is 0 Å². The van der Waals surface area contributed by atoms with Crippen molar-refractivity contribution in [1.29, 1.82) is 0 Å². The predicted molar refractivity (Wildman–Crippen MR) is 114 cm³/mol. The van der Waals surface area contributed by atoms with E-state index in [-0.39, 0.29) is 5.91 Å². The van der Waals surface area contributed by atoms with Crippen LogP contribution in [0.3, 0.4) is 0 Å². The molecule has 150 valence electrons. The molecule has 1 atom stereocenters. The van der Waals surface area contributed by atoms with E-state index < -0.39 is 0 Å². The highest BCUT2D eigenvalue weighted by molar-refractivity contribution is 6.04. The Balaban J connectivity index is 1.63. The van der Waals surface area contributed by atoms with Crippen molar-refractivity contribution in [2.24, 2.45) is 5.92 Å². The predicted octanol–water partition coefficient (Wildman–Crippen LogP) is 4.97. The summed E-state index contributed by atoms with van der Waals surface area (Å²) >= 11 is 0. The summed E-state index contributed by atoms with van der Waals surface area (Å²) < 4.78 is 11.1. The molecule has 0 aromatic heterocycles. The number of ether oxygens (including phenoxy) is 2. The number of unbranched alkanes of at least 4 members (excludes halogenated alkanes) is 1. The van der Waals surface area contributed by atoms with E-state index in [2.05, 4.69) is 36.2 Å². The first-order valence-electron chi connectivity index (χ1n) is 10.1. The average molecular weight is 383 g/mol. The van der Waals surface area contributed by atoms with Crippen LogP contribution in [0.15, 0.2) is 42.5 Å². The van der Waals surface area contributed by atoms with E-state index >= 15 is 0 Å². The Morgan fingerprint density at radius 3 is 2.61 bits per heavy atom. The van der Waals surface area contributed by atoms with Crippen molar-refractivity contribution in [2.75, 3.05) is 37.0 Å². The van der Waals surface area contributed by atoms with Gasteiger partial charge in [-0.15, -0.1) is 0 Å². The van der Waals surface area contributed by atoms with E-state index in [1.807, 2.05) is 12.1 Å². The van der Waals surface area contributed by atoms with Crippen molar-refractivity contribution in [1.82, 2.24) is 0 Å². The quantitative estimate of drug-likeness (QED) is 0.655. The number of carbonyl (C=O) groups excluding carboxylic acids is 1. The summed E-state index contributed by atoms with van der Waals surface area (Å²) in [5.74, 6) is 1.81. The molecule has 28 heavy (non-hydrogen) atoms. The minimum absolute atomic E-state index is 0.166. The van der Waals surface area contributed by atoms with Gasteiger partial charge in [0.2, 0.25) is 0 Å². The number of amides is 1. The lowest BCUT2D eigenvalue weighted by Gasteiger charge is -2.18. The van der Waals surface area contributed by atoms with Gasteiger partial charge in [-0.25, -0.2) is 0 Å². The molecule has 1 unspecified atom stereocenters. The molecular formula is C23H30N2O3. The van der Waals surface area contributed by atoms with Crippen molar-refractivity contribution in [3.8, 4) is 11.5 Å². The first-order valence-corrected chi connectivity index (χ1v) is 10.1. The van der Waals surface area contributed by atoms with Gasteiger partial charge in [-0.1, -0.05) is 20.3 Å². The first-order chi connectivity index (χ1) is 13.6. The monoisotopic (exact) mass is 382 g/mol. The maximum atomic E-state index is 12.6. The maximum Gasteiger partial charge on any atom is 0.255 e. The third-order valence-electron chi connectivity index (χ3n) is 5.10. The zero-order valence-corrected chi connectivity index (χ0v) is 17.0. The molecule has 1 aliphatic rings. The fourth-order valence-corrected chi connectivity index (χ4v) is 3.38. The Labute approximate surface area is 167 Å². The first kappa shape index (κ1) is 20.1. The second-order valence-electron chi connectivity index (χ2n) is 7.41. The molecule has 0 bridgehead atoms. The number of anilines is 2. The lowest BCUT2D eigenvalue weighted by atomic mass is 10.1. The summed E-state index contributed by atoms with van der Waals surface area (Å²) in [7, 11) is 1.58. The van der Waals surface area contributed by atoms with Crippen molar-refractivity contribution in [2.45, 2.75) is 33.1 Å². The van der Waals surface area contributed by atoms with E-state index in [9.17, 15) is 4.79 Å². The molecule has 2 aromatic rings. The number of nitrogens with zero attached hydrogens (tertiary/aromatic N) is 1.